The number of rotatable bonds is 4. The highest BCUT2D eigenvalue weighted by Crippen LogP contribution is 2.24. The molecule has 0 radical (unpaired) electrons. The first-order valence-electron chi connectivity index (χ1n) is 6.38. The molecule has 1 heterocycles. The average molecular weight is 246 g/mol. The van der Waals surface area contributed by atoms with Crippen molar-refractivity contribution in [1.82, 2.24) is 10.0 Å². The van der Waals surface area contributed by atoms with Crippen molar-refractivity contribution in [3.63, 3.8) is 0 Å². The lowest BCUT2D eigenvalue weighted by molar-refractivity contribution is 0.477. The average Bonchev–Trinajstić information content (AvgIpc) is 2.81. The van der Waals surface area contributed by atoms with Gasteiger partial charge >= 0.3 is 0 Å². The van der Waals surface area contributed by atoms with E-state index in [9.17, 15) is 8.42 Å². The third-order valence-electron chi connectivity index (χ3n) is 3.74. The van der Waals surface area contributed by atoms with Gasteiger partial charge in [-0.05, 0) is 38.1 Å². The molecule has 94 valence electrons. The van der Waals surface area contributed by atoms with Crippen LogP contribution in [-0.2, 0) is 10.0 Å². The topological polar surface area (TPSA) is 58.2 Å². The van der Waals surface area contributed by atoms with Gasteiger partial charge < -0.3 is 5.32 Å². The van der Waals surface area contributed by atoms with E-state index in [1.807, 2.05) is 0 Å². The molecule has 1 atom stereocenters. The van der Waals surface area contributed by atoms with Crippen molar-refractivity contribution in [1.29, 1.82) is 0 Å². The number of piperidine rings is 1. The van der Waals surface area contributed by atoms with Gasteiger partial charge in [-0.2, -0.15) is 0 Å². The smallest absolute Gasteiger partial charge is 0.215 e. The Kier molecular flexibility index (Phi) is 4.21. The summed E-state index contributed by atoms with van der Waals surface area (Å²) in [5.74, 6) is 0.575. The minimum atomic E-state index is -3.08. The Balaban J connectivity index is 1.81. The molecule has 16 heavy (non-hydrogen) atoms. The summed E-state index contributed by atoms with van der Waals surface area (Å²) < 4.78 is 26.8. The Morgan fingerprint density at radius 3 is 2.50 bits per heavy atom. The van der Waals surface area contributed by atoms with E-state index in [4.69, 9.17) is 0 Å². The third-order valence-corrected chi connectivity index (χ3v) is 5.59. The van der Waals surface area contributed by atoms with Crippen molar-refractivity contribution in [3.05, 3.63) is 0 Å². The highest BCUT2D eigenvalue weighted by molar-refractivity contribution is 7.90. The third kappa shape index (κ3) is 3.18. The normalized spacial score (nSPS) is 28.4. The summed E-state index contributed by atoms with van der Waals surface area (Å²) in [6.07, 6.45) is 6.66. The summed E-state index contributed by atoms with van der Waals surface area (Å²) in [5, 5.41) is 2.93. The van der Waals surface area contributed by atoms with Gasteiger partial charge in [0.25, 0.3) is 0 Å². The van der Waals surface area contributed by atoms with E-state index >= 15 is 0 Å². The van der Waals surface area contributed by atoms with Crippen molar-refractivity contribution >= 4 is 10.0 Å². The SMILES string of the molecule is O=S(=O)(NCC1CCCC1)C1CCCNC1. The van der Waals surface area contributed by atoms with Crippen LogP contribution in [0.3, 0.4) is 0 Å². The predicted octanol–water partition coefficient (Wildman–Crippen LogP) is 0.848. The predicted molar refractivity (Wildman–Crippen MR) is 64.8 cm³/mol. The molecule has 1 saturated carbocycles. The molecule has 1 saturated heterocycles. The lowest BCUT2D eigenvalue weighted by atomic mass is 10.1. The molecule has 1 aliphatic carbocycles. The highest BCUT2D eigenvalue weighted by Gasteiger charge is 2.27. The van der Waals surface area contributed by atoms with Gasteiger partial charge in [-0.3, -0.25) is 0 Å². The zero-order valence-corrected chi connectivity index (χ0v) is 10.6. The first kappa shape index (κ1) is 12.3. The summed E-state index contributed by atoms with van der Waals surface area (Å²) in [6.45, 7) is 2.22. The Labute approximate surface area is 98.2 Å². The van der Waals surface area contributed by atoms with Gasteiger partial charge in [0.15, 0.2) is 0 Å². The molecule has 0 aromatic rings. The number of hydrogen-bond acceptors (Lipinski definition) is 3. The van der Waals surface area contributed by atoms with Crippen molar-refractivity contribution in [2.45, 2.75) is 43.8 Å². The second kappa shape index (κ2) is 5.47. The minimum Gasteiger partial charge on any atom is -0.315 e. The second-order valence-electron chi connectivity index (χ2n) is 5.01. The van der Waals surface area contributed by atoms with Crippen LogP contribution in [0.25, 0.3) is 0 Å². The first-order valence-corrected chi connectivity index (χ1v) is 7.92. The first-order chi connectivity index (χ1) is 7.68. The van der Waals surface area contributed by atoms with Gasteiger partial charge in [-0.15, -0.1) is 0 Å². The summed E-state index contributed by atoms with van der Waals surface area (Å²) >= 11 is 0. The standard InChI is InChI=1S/C11H22N2O2S/c14-16(15,11-6-3-7-12-9-11)13-8-10-4-1-2-5-10/h10-13H,1-9H2. The quantitative estimate of drug-likeness (QED) is 0.773. The van der Waals surface area contributed by atoms with Crippen LogP contribution in [0.2, 0.25) is 0 Å². The number of sulfonamides is 1. The maximum absolute atomic E-state index is 12.0. The van der Waals surface area contributed by atoms with Gasteiger partial charge in [0.2, 0.25) is 10.0 Å². The fraction of sp³-hybridized carbons (Fsp3) is 1.00. The Morgan fingerprint density at radius 2 is 1.88 bits per heavy atom. The van der Waals surface area contributed by atoms with Crippen LogP contribution in [0.1, 0.15) is 38.5 Å². The maximum atomic E-state index is 12.0. The minimum absolute atomic E-state index is 0.220. The zero-order chi connectivity index (χ0) is 11.4. The highest BCUT2D eigenvalue weighted by atomic mass is 32.2. The van der Waals surface area contributed by atoms with Gasteiger partial charge in [-0.25, -0.2) is 13.1 Å². The van der Waals surface area contributed by atoms with E-state index in [-0.39, 0.29) is 5.25 Å². The lowest BCUT2D eigenvalue weighted by Crippen LogP contribution is -2.45. The molecule has 2 fully saturated rings. The lowest BCUT2D eigenvalue weighted by Gasteiger charge is -2.23. The Morgan fingerprint density at radius 1 is 1.12 bits per heavy atom. The molecule has 1 aliphatic heterocycles. The molecule has 2 rings (SSSR count). The molecule has 5 heteroatoms. The van der Waals surface area contributed by atoms with Crippen LogP contribution in [0.4, 0.5) is 0 Å². The van der Waals surface area contributed by atoms with E-state index < -0.39 is 10.0 Å². The largest absolute Gasteiger partial charge is 0.315 e. The summed E-state index contributed by atoms with van der Waals surface area (Å²) in [5.41, 5.74) is 0. The monoisotopic (exact) mass is 246 g/mol. The van der Waals surface area contributed by atoms with Crippen molar-refractivity contribution in [2.24, 2.45) is 5.92 Å². The Bertz CT molecular complexity index is 304. The molecule has 2 N–H and O–H groups in total. The van der Waals surface area contributed by atoms with Crippen LogP contribution in [0.15, 0.2) is 0 Å². The van der Waals surface area contributed by atoms with Crippen LogP contribution in [0.5, 0.6) is 0 Å². The van der Waals surface area contributed by atoms with Crippen molar-refractivity contribution in [3.8, 4) is 0 Å². The number of hydrogen-bond donors (Lipinski definition) is 2. The van der Waals surface area contributed by atoms with Crippen LogP contribution in [0, 0.1) is 5.92 Å². The fourth-order valence-electron chi connectivity index (χ4n) is 2.65. The molecule has 4 nitrogen and oxygen atoms in total. The molecule has 0 aromatic heterocycles. The van der Waals surface area contributed by atoms with Gasteiger partial charge in [0.1, 0.15) is 0 Å². The molecule has 0 bridgehead atoms. The summed E-state index contributed by atoms with van der Waals surface area (Å²) in [7, 11) is -3.08. The Hall–Kier alpha value is -0.130. The second-order valence-corrected chi connectivity index (χ2v) is 7.06. The molecule has 1 unspecified atom stereocenters. The van der Waals surface area contributed by atoms with Gasteiger partial charge in [0.05, 0.1) is 5.25 Å². The van der Waals surface area contributed by atoms with Crippen LogP contribution in [-0.4, -0.2) is 33.3 Å². The van der Waals surface area contributed by atoms with Crippen LogP contribution < -0.4 is 10.0 Å². The molecule has 0 aromatic carbocycles. The number of nitrogens with one attached hydrogen (secondary N) is 2. The summed E-state index contributed by atoms with van der Waals surface area (Å²) in [6, 6.07) is 0. The van der Waals surface area contributed by atoms with Crippen molar-refractivity contribution in [2.75, 3.05) is 19.6 Å². The van der Waals surface area contributed by atoms with E-state index in [0.29, 0.717) is 19.0 Å². The molecular formula is C11H22N2O2S. The fourth-order valence-corrected chi connectivity index (χ4v) is 4.17. The van der Waals surface area contributed by atoms with Gasteiger partial charge in [0, 0.05) is 13.1 Å². The summed E-state index contributed by atoms with van der Waals surface area (Å²) in [4.78, 5) is 0. The molecule has 2 aliphatic rings. The van der Waals surface area contributed by atoms with E-state index in [1.165, 1.54) is 25.7 Å². The molecule has 0 spiro atoms. The maximum Gasteiger partial charge on any atom is 0.215 e. The molecular weight excluding hydrogens is 224 g/mol. The van der Waals surface area contributed by atoms with E-state index in [1.54, 1.807) is 0 Å². The zero-order valence-electron chi connectivity index (χ0n) is 9.74. The van der Waals surface area contributed by atoms with E-state index in [2.05, 4.69) is 10.0 Å². The van der Waals surface area contributed by atoms with E-state index in [0.717, 1.165) is 19.4 Å². The van der Waals surface area contributed by atoms with Crippen molar-refractivity contribution < 1.29 is 8.42 Å². The molecule has 0 amide bonds. The van der Waals surface area contributed by atoms with Gasteiger partial charge in [-0.1, -0.05) is 12.8 Å². The van der Waals surface area contributed by atoms with Crippen LogP contribution >= 0.6 is 0 Å².